The van der Waals surface area contributed by atoms with Crippen LogP contribution in [0.15, 0.2) is 30.5 Å². The lowest BCUT2D eigenvalue weighted by molar-refractivity contribution is 0.101. The first-order valence-electron chi connectivity index (χ1n) is 12.0. The number of amides is 1. The van der Waals surface area contributed by atoms with Gasteiger partial charge >= 0.3 is 6.03 Å². The molecule has 3 fully saturated rings. The van der Waals surface area contributed by atoms with Crippen molar-refractivity contribution in [1.82, 2.24) is 19.6 Å². The van der Waals surface area contributed by atoms with Gasteiger partial charge in [-0.25, -0.2) is 4.79 Å². The Labute approximate surface area is 200 Å². The van der Waals surface area contributed by atoms with Crippen LogP contribution in [0.3, 0.4) is 0 Å². The van der Waals surface area contributed by atoms with Crippen LogP contribution in [0.2, 0.25) is 5.02 Å². The Balaban J connectivity index is 1.18. The van der Waals surface area contributed by atoms with E-state index in [2.05, 4.69) is 33.1 Å². The van der Waals surface area contributed by atoms with Gasteiger partial charge in [0.2, 0.25) is 0 Å². The van der Waals surface area contributed by atoms with Gasteiger partial charge in [0, 0.05) is 63.1 Å². The molecule has 0 atom stereocenters. The molecule has 5 rings (SSSR count). The zero-order valence-electron chi connectivity index (χ0n) is 19.3. The Morgan fingerprint density at radius 1 is 1.03 bits per heavy atom. The number of carbonyl (C=O) groups is 2. The molecular weight excluding hydrogens is 438 g/mol. The quantitative estimate of drug-likeness (QED) is 0.625. The molecule has 0 saturated carbocycles. The first kappa shape index (κ1) is 22.4. The lowest BCUT2D eigenvalue weighted by Gasteiger charge is -2.39. The molecule has 0 aliphatic carbocycles. The molecule has 7 nitrogen and oxygen atoms in total. The molecular formula is C25H32ClN5O2. The Kier molecular flexibility index (Phi) is 6.18. The van der Waals surface area contributed by atoms with Gasteiger partial charge in [-0.1, -0.05) is 11.6 Å². The van der Waals surface area contributed by atoms with Crippen molar-refractivity contribution in [3.05, 3.63) is 46.7 Å². The highest BCUT2D eigenvalue weighted by Crippen LogP contribution is 2.41. The fourth-order valence-corrected chi connectivity index (χ4v) is 5.90. The second-order valence-electron chi connectivity index (χ2n) is 9.94. The van der Waals surface area contributed by atoms with E-state index in [0.717, 1.165) is 63.7 Å². The highest BCUT2D eigenvalue weighted by atomic mass is 35.5. The standard InChI is InChI=1S/C25H32ClN5O2/c1-19(32)23-4-10-31(27-23)24(33)30-12-6-25(7-13-30)5-11-28(18-25)17-20-14-21(26)16-22(15-20)29-8-2-3-9-29/h4,10,14-16H,2-3,5-9,11-13,17-18H2,1H3. The van der Waals surface area contributed by atoms with Gasteiger partial charge in [0.15, 0.2) is 5.78 Å². The van der Waals surface area contributed by atoms with E-state index >= 15 is 0 Å². The monoisotopic (exact) mass is 469 g/mol. The predicted octanol–water partition coefficient (Wildman–Crippen LogP) is 4.30. The van der Waals surface area contributed by atoms with Crippen LogP contribution in [-0.4, -0.2) is 70.7 Å². The summed E-state index contributed by atoms with van der Waals surface area (Å²) in [4.78, 5) is 31.1. The summed E-state index contributed by atoms with van der Waals surface area (Å²) in [6.45, 7) is 8.25. The zero-order chi connectivity index (χ0) is 23.0. The molecule has 33 heavy (non-hydrogen) atoms. The molecule has 2 aromatic rings. The number of rotatable bonds is 4. The third-order valence-corrected chi connectivity index (χ3v) is 7.80. The highest BCUT2D eigenvalue weighted by molar-refractivity contribution is 6.30. The van der Waals surface area contributed by atoms with Crippen LogP contribution < -0.4 is 4.90 Å². The predicted molar refractivity (Wildman–Crippen MR) is 129 cm³/mol. The summed E-state index contributed by atoms with van der Waals surface area (Å²) in [6, 6.07) is 7.97. The van der Waals surface area contributed by atoms with Crippen LogP contribution in [0.5, 0.6) is 0 Å². The van der Waals surface area contributed by atoms with Crippen LogP contribution in [-0.2, 0) is 6.54 Å². The molecule has 1 aromatic carbocycles. The number of nitrogens with zero attached hydrogens (tertiary/aromatic N) is 5. The van der Waals surface area contributed by atoms with Crippen molar-refractivity contribution >= 4 is 29.1 Å². The maximum Gasteiger partial charge on any atom is 0.344 e. The highest BCUT2D eigenvalue weighted by Gasteiger charge is 2.41. The summed E-state index contributed by atoms with van der Waals surface area (Å²) in [6.07, 6.45) is 7.28. The topological polar surface area (TPSA) is 61.7 Å². The SMILES string of the molecule is CC(=O)c1ccn(C(=O)N2CCC3(CCN(Cc4cc(Cl)cc(N5CCCC5)c4)C3)CC2)n1. The Bertz CT molecular complexity index is 1040. The minimum absolute atomic E-state index is 0.127. The van der Waals surface area contributed by atoms with Crippen LogP contribution in [0.25, 0.3) is 0 Å². The van der Waals surface area contributed by atoms with Crippen molar-refractivity contribution in [3.8, 4) is 0 Å². The van der Waals surface area contributed by atoms with Gasteiger partial charge in [0.05, 0.1) is 0 Å². The Hall–Kier alpha value is -2.38. The van der Waals surface area contributed by atoms with Crippen molar-refractivity contribution in [3.63, 3.8) is 0 Å². The summed E-state index contributed by atoms with van der Waals surface area (Å²) < 4.78 is 1.30. The lowest BCUT2D eigenvalue weighted by Crippen LogP contribution is -2.45. The third-order valence-electron chi connectivity index (χ3n) is 7.58. The molecule has 3 aliphatic rings. The number of piperidine rings is 1. The van der Waals surface area contributed by atoms with E-state index in [0.29, 0.717) is 5.69 Å². The molecule has 4 heterocycles. The van der Waals surface area contributed by atoms with E-state index in [-0.39, 0.29) is 17.2 Å². The largest absolute Gasteiger partial charge is 0.371 e. The van der Waals surface area contributed by atoms with Crippen molar-refractivity contribution in [1.29, 1.82) is 0 Å². The molecule has 176 valence electrons. The maximum absolute atomic E-state index is 12.8. The van der Waals surface area contributed by atoms with Crippen LogP contribution in [0.4, 0.5) is 10.5 Å². The van der Waals surface area contributed by atoms with E-state index in [1.165, 1.54) is 42.1 Å². The zero-order valence-corrected chi connectivity index (χ0v) is 20.1. The van der Waals surface area contributed by atoms with Crippen LogP contribution in [0.1, 0.15) is 55.1 Å². The lowest BCUT2D eigenvalue weighted by atomic mass is 9.78. The fourth-order valence-electron chi connectivity index (χ4n) is 5.65. The van der Waals surface area contributed by atoms with Crippen molar-refractivity contribution in [2.45, 2.75) is 45.6 Å². The average molecular weight is 470 g/mol. The molecule has 0 bridgehead atoms. The van der Waals surface area contributed by atoms with Gasteiger partial charge < -0.3 is 9.80 Å². The number of hydrogen-bond donors (Lipinski definition) is 0. The number of ketones is 1. The summed E-state index contributed by atoms with van der Waals surface area (Å²) in [5.41, 5.74) is 3.15. The Morgan fingerprint density at radius 3 is 2.45 bits per heavy atom. The molecule has 0 N–H and O–H groups in total. The second kappa shape index (κ2) is 9.11. The van der Waals surface area contributed by atoms with E-state index < -0.39 is 0 Å². The average Bonchev–Trinajstić information content (AvgIpc) is 3.55. The number of anilines is 1. The summed E-state index contributed by atoms with van der Waals surface area (Å²) in [5, 5.41) is 4.95. The first-order chi connectivity index (χ1) is 15.9. The second-order valence-corrected chi connectivity index (χ2v) is 10.4. The molecule has 1 spiro atoms. The summed E-state index contributed by atoms with van der Waals surface area (Å²) in [7, 11) is 0. The molecule has 0 radical (unpaired) electrons. The minimum Gasteiger partial charge on any atom is -0.371 e. The number of aromatic nitrogens is 2. The molecule has 1 aromatic heterocycles. The molecule has 3 aliphatic heterocycles. The number of carbonyl (C=O) groups excluding carboxylic acids is 2. The molecule has 1 amide bonds. The van der Waals surface area contributed by atoms with E-state index in [4.69, 9.17) is 11.6 Å². The minimum atomic E-state index is -0.138. The maximum atomic E-state index is 12.8. The number of Topliss-reactive ketones (excluding diaryl/α,β-unsaturated/α-hetero) is 1. The van der Waals surface area contributed by atoms with Gasteiger partial charge in [-0.15, -0.1) is 0 Å². The number of likely N-dealkylation sites (tertiary alicyclic amines) is 2. The van der Waals surface area contributed by atoms with Gasteiger partial charge in [0.1, 0.15) is 5.69 Å². The third kappa shape index (κ3) is 4.80. The molecule has 3 saturated heterocycles. The van der Waals surface area contributed by atoms with E-state index in [1.54, 1.807) is 12.3 Å². The normalized spacial score (nSPS) is 20.7. The fraction of sp³-hybridized carbons (Fsp3) is 0.560. The number of benzene rings is 1. The molecule has 0 unspecified atom stereocenters. The molecule has 8 heteroatoms. The number of halogens is 1. The smallest absolute Gasteiger partial charge is 0.344 e. The van der Waals surface area contributed by atoms with Crippen molar-refractivity contribution in [2.24, 2.45) is 5.41 Å². The van der Waals surface area contributed by atoms with Crippen molar-refractivity contribution < 1.29 is 9.59 Å². The van der Waals surface area contributed by atoms with Gasteiger partial charge in [-0.05, 0) is 73.9 Å². The Morgan fingerprint density at radius 2 is 1.76 bits per heavy atom. The summed E-state index contributed by atoms with van der Waals surface area (Å²) >= 11 is 6.46. The van der Waals surface area contributed by atoms with Crippen LogP contribution in [0, 0.1) is 5.41 Å². The first-order valence-corrected chi connectivity index (χ1v) is 12.4. The number of hydrogen-bond acceptors (Lipinski definition) is 5. The van der Waals surface area contributed by atoms with Gasteiger partial charge in [0.25, 0.3) is 0 Å². The van der Waals surface area contributed by atoms with Gasteiger partial charge in [-0.3, -0.25) is 9.69 Å². The summed E-state index contributed by atoms with van der Waals surface area (Å²) in [5.74, 6) is -0.127. The van der Waals surface area contributed by atoms with E-state index in [9.17, 15) is 9.59 Å². The van der Waals surface area contributed by atoms with Gasteiger partial charge in [-0.2, -0.15) is 9.78 Å². The van der Waals surface area contributed by atoms with E-state index in [1.807, 2.05) is 4.90 Å². The van der Waals surface area contributed by atoms with Crippen LogP contribution >= 0.6 is 11.6 Å². The van der Waals surface area contributed by atoms with Crippen molar-refractivity contribution in [2.75, 3.05) is 44.2 Å².